The molecule has 0 saturated heterocycles. The van der Waals surface area contributed by atoms with Crippen molar-refractivity contribution in [2.45, 2.75) is 6.04 Å². The summed E-state index contributed by atoms with van der Waals surface area (Å²) in [5.74, 6) is -0.0583. The maximum absolute atomic E-state index is 13.5. The molecule has 0 radical (unpaired) electrons. The number of hydrogen-bond donors (Lipinski definition) is 1. The van der Waals surface area contributed by atoms with Crippen LogP contribution in [0.4, 0.5) is 4.39 Å². The lowest BCUT2D eigenvalue weighted by atomic mass is 10.1. The van der Waals surface area contributed by atoms with Crippen molar-refractivity contribution in [3.63, 3.8) is 0 Å². The smallest absolute Gasteiger partial charge is 0.273 e. The number of carbonyl (C=O) groups is 1. The van der Waals surface area contributed by atoms with Gasteiger partial charge in [-0.05, 0) is 43.2 Å². The molecule has 25 heavy (non-hydrogen) atoms. The Kier molecular flexibility index (Phi) is 5.25. The van der Waals surface area contributed by atoms with Crippen molar-refractivity contribution in [2.24, 2.45) is 0 Å². The molecule has 0 spiro atoms. The van der Waals surface area contributed by atoms with E-state index in [1.807, 2.05) is 42.6 Å². The minimum Gasteiger partial charge on any atom is -0.355 e. The molecule has 1 atom stereocenters. The third-order valence-electron chi connectivity index (χ3n) is 3.82. The number of nitrogens with one attached hydrogen (secondary N) is 1. The Morgan fingerprint density at radius 1 is 1.32 bits per heavy atom. The van der Waals surface area contributed by atoms with E-state index >= 15 is 0 Å². The minimum atomic E-state index is -0.324. The number of rotatable bonds is 6. The van der Waals surface area contributed by atoms with Crippen LogP contribution < -0.4 is 5.32 Å². The van der Waals surface area contributed by atoms with E-state index in [-0.39, 0.29) is 23.5 Å². The highest BCUT2D eigenvalue weighted by atomic mass is 32.1. The summed E-state index contributed by atoms with van der Waals surface area (Å²) in [4.78, 5) is 15.2. The lowest BCUT2D eigenvalue weighted by Gasteiger charge is -2.25. The van der Waals surface area contributed by atoms with Crippen molar-refractivity contribution in [3.05, 3.63) is 64.9 Å². The van der Waals surface area contributed by atoms with Crippen LogP contribution in [0.1, 0.15) is 22.1 Å². The fourth-order valence-electron chi connectivity index (χ4n) is 2.51. The Balaban J connectivity index is 1.68. The lowest BCUT2D eigenvalue weighted by molar-refractivity contribution is 0.0933. The zero-order valence-corrected chi connectivity index (χ0v) is 14.7. The average Bonchev–Trinajstić information content (AvgIpc) is 3.26. The number of aromatic nitrogens is 1. The zero-order chi connectivity index (χ0) is 17.8. The maximum atomic E-state index is 13.5. The first-order chi connectivity index (χ1) is 12.0. The standard InChI is InChI=1S/C18H18FN3O2S/c1-22(2)15(12-5-3-6-13(19)9-12)11-20-18(23)14-10-16(24-21-14)17-7-4-8-25-17/h3-10,15H,11H2,1-2H3,(H,20,23). The number of nitrogens with zero attached hydrogens (tertiary/aromatic N) is 2. The summed E-state index contributed by atoms with van der Waals surface area (Å²) in [6.07, 6.45) is 0. The SMILES string of the molecule is CN(C)C(CNC(=O)c1cc(-c2cccs2)on1)c1cccc(F)c1. The molecule has 0 aliphatic heterocycles. The molecule has 1 amide bonds. The van der Waals surface area contributed by atoms with Crippen LogP contribution in [0.2, 0.25) is 0 Å². The molecule has 5 nitrogen and oxygen atoms in total. The highest BCUT2D eigenvalue weighted by Gasteiger charge is 2.19. The predicted octanol–water partition coefficient (Wildman–Crippen LogP) is 3.57. The lowest BCUT2D eigenvalue weighted by Crippen LogP contribution is -2.34. The van der Waals surface area contributed by atoms with Gasteiger partial charge in [0, 0.05) is 12.6 Å². The predicted molar refractivity (Wildman–Crippen MR) is 95.0 cm³/mol. The molecule has 0 bridgehead atoms. The van der Waals surface area contributed by atoms with E-state index in [9.17, 15) is 9.18 Å². The Morgan fingerprint density at radius 2 is 2.16 bits per heavy atom. The number of thiophene rings is 1. The van der Waals surface area contributed by atoms with E-state index in [1.165, 1.54) is 23.5 Å². The molecule has 0 saturated carbocycles. The van der Waals surface area contributed by atoms with Gasteiger partial charge in [-0.25, -0.2) is 4.39 Å². The van der Waals surface area contributed by atoms with Crippen LogP contribution in [0.3, 0.4) is 0 Å². The largest absolute Gasteiger partial charge is 0.355 e. The van der Waals surface area contributed by atoms with Gasteiger partial charge in [-0.2, -0.15) is 0 Å². The summed E-state index contributed by atoms with van der Waals surface area (Å²) >= 11 is 1.51. The van der Waals surface area contributed by atoms with E-state index in [0.717, 1.165) is 10.4 Å². The topological polar surface area (TPSA) is 58.4 Å². The van der Waals surface area contributed by atoms with Crippen molar-refractivity contribution in [2.75, 3.05) is 20.6 Å². The molecule has 7 heteroatoms. The van der Waals surface area contributed by atoms with E-state index < -0.39 is 0 Å². The quantitative estimate of drug-likeness (QED) is 0.731. The number of benzene rings is 1. The Labute approximate surface area is 149 Å². The summed E-state index contributed by atoms with van der Waals surface area (Å²) in [6, 6.07) is 11.6. The van der Waals surface area contributed by atoms with Crippen LogP contribution in [-0.2, 0) is 0 Å². The first-order valence-corrected chi connectivity index (χ1v) is 8.63. The van der Waals surface area contributed by atoms with Crippen molar-refractivity contribution in [1.82, 2.24) is 15.4 Å². The van der Waals surface area contributed by atoms with Gasteiger partial charge in [0.25, 0.3) is 5.91 Å². The summed E-state index contributed by atoms with van der Waals surface area (Å²) in [5.41, 5.74) is 1.02. The molecule has 2 aromatic heterocycles. The van der Waals surface area contributed by atoms with Gasteiger partial charge in [-0.1, -0.05) is 23.4 Å². The van der Waals surface area contributed by atoms with Gasteiger partial charge in [0.05, 0.1) is 10.9 Å². The van der Waals surface area contributed by atoms with E-state index in [0.29, 0.717) is 12.3 Å². The second kappa shape index (κ2) is 7.58. The van der Waals surface area contributed by atoms with Gasteiger partial charge in [0.2, 0.25) is 0 Å². The number of hydrogen-bond acceptors (Lipinski definition) is 5. The molecule has 130 valence electrons. The first-order valence-electron chi connectivity index (χ1n) is 7.75. The summed E-state index contributed by atoms with van der Waals surface area (Å²) in [6.45, 7) is 0.330. The van der Waals surface area contributed by atoms with E-state index in [1.54, 1.807) is 12.1 Å². The van der Waals surface area contributed by atoms with Gasteiger partial charge in [0.1, 0.15) is 5.82 Å². The van der Waals surface area contributed by atoms with Crippen molar-refractivity contribution >= 4 is 17.2 Å². The van der Waals surface area contributed by atoms with E-state index in [2.05, 4.69) is 10.5 Å². The molecule has 0 aliphatic carbocycles. The second-order valence-corrected chi connectivity index (χ2v) is 6.75. The van der Waals surface area contributed by atoms with Crippen LogP contribution in [0, 0.1) is 5.82 Å². The minimum absolute atomic E-state index is 0.150. The monoisotopic (exact) mass is 359 g/mol. The molecular formula is C18H18FN3O2S. The third-order valence-corrected chi connectivity index (χ3v) is 4.70. The molecule has 1 unspecified atom stereocenters. The van der Waals surface area contributed by atoms with Gasteiger partial charge < -0.3 is 14.7 Å². The Bertz CT molecular complexity index is 846. The molecule has 3 rings (SSSR count). The van der Waals surface area contributed by atoms with Crippen LogP contribution in [-0.4, -0.2) is 36.6 Å². The average molecular weight is 359 g/mol. The molecule has 0 fully saturated rings. The van der Waals surface area contributed by atoms with Crippen LogP contribution >= 0.6 is 11.3 Å². The Hall–Kier alpha value is -2.51. The van der Waals surface area contributed by atoms with E-state index in [4.69, 9.17) is 4.52 Å². The first kappa shape index (κ1) is 17.3. The number of carbonyl (C=O) groups excluding carboxylic acids is 1. The molecule has 1 N–H and O–H groups in total. The normalized spacial score (nSPS) is 12.3. The van der Waals surface area contributed by atoms with Crippen LogP contribution in [0.25, 0.3) is 10.6 Å². The zero-order valence-electron chi connectivity index (χ0n) is 13.9. The highest BCUT2D eigenvalue weighted by Crippen LogP contribution is 2.25. The summed E-state index contributed by atoms with van der Waals surface area (Å²) < 4.78 is 18.7. The van der Waals surface area contributed by atoms with Gasteiger partial charge >= 0.3 is 0 Å². The van der Waals surface area contributed by atoms with Crippen LogP contribution in [0.5, 0.6) is 0 Å². The maximum Gasteiger partial charge on any atom is 0.273 e. The number of amides is 1. The summed E-state index contributed by atoms with van der Waals surface area (Å²) in [7, 11) is 3.76. The fraction of sp³-hybridized carbons (Fsp3) is 0.222. The van der Waals surface area contributed by atoms with Crippen molar-refractivity contribution in [1.29, 1.82) is 0 Å². The highest BCUT2D eigenvalue weighted by molar-refractivity contribution is 7.13. The van der Waals surface area contributed by atoms with Gasteiger partial charge in [-0.15, -0.1) is 11.3 Å². The summed E-state index contributed by atoms with van der Waals surface area (Å²) in [5, 5.41) is 8.59. The van der Waals surface area contributed by atoms with Crippen molar-refractivity contribution < 1.29 is 13.7 Å². The Morgan fingerprint density at radius 3 is 2.84 bits per heavy atom. The molecule has 0 aliphatic rings. The second-order valence-electron chi connectivity index (χ2n) is 5.80. The molecule has 1 aromatic carbocycles. The molecule has 3 aromatic rings. The number of likely N-dealkylation sites (N-methyl/N-ethyl adjacent to an activating group) is 1. The number of halogens is 1. The molecule has 2 heterocycles. The van der Waals surface area contributed by atoms with Crippen LogP contribution in [0.15, 0.2) is 52.4 Å². The van der Waals surface area contributed by atoms with Gasteiger partial charge in [0.15, 0.2) is 11.5 Å². The fourth-order valence-corrected chi connectivity index (χ4v) is 3.18. The third kappa shape index (κ3) is 4.12. The van der Waals surface area contributed by atoms with Gasteiger partial charge in [-0.3, -0.25) is 4.79 Å². The van der Waals surface area contributed by atoms with Crippen molar-refractivity contribution in [3.8, 4) is 10.6 Å². The molecular weight excluding hydrogens is 341 g/mol.